The SMILES string of the molecule is Cc1ccc(-n2cnnc2SCC(=O)NCC(F)(F)F)c(C)c1. The van der Waals surface area contributed by atoms with Crippen molar-refractivity contribution in [1.29, 1.82) is 0 Å². The van der Waals surface area contributed by atoms with E-state index in [1.54, 1.807) is 4.57 Å². The lowest BCUT2D eigenvalue weighted by Gasteiger charge is -2.10. The number of benzene rings is 1. The molecule has 23 heavy (non-hydrogen) atoms. The Morgan fingerprint density at radius 2 is 2.09 bits per heavy atom. The van der Waals surface area contributed by atoms with Gasteiger partial charge >= 0.3 is 6.18 Å². The van der Waals surface area contributed by atoms with Crippen molar-refractivity contribution in [3.63, 3.8) is 0 Å². The molecule has 0 bridgehead atoms. The number of aromatic nitrogens is 3. The molecule has 0 aliphatic rings. The van der Waals surface area contributed by atoms with Crippen molar-refractivity contribution in [2.75, 3.05) is 12.3 Å². The Labute approximate surface area is 135 Å². The Balaban J connectivity index is 2.03. The fourth-order valence-corrected chi connectivity index (χ4v) is 2.70. The van der Waals surface area contributed by atoms with Crippen LogP contribution in [0.5, 0.6) is 0 Å². The third kappa shape index (κ3) is 4.98. The van der Waals surface area contributed by atoms with E-state index in [9.17, 15) is 18.0 Å². The average Bonchev–Trinajstić information content (AvgIpc) is 2.90. The number of hydrogen-bond donors (Lipinski definition) is 1. The number of carbonyl (C=O) groups excluding carboxylic acids is 1. The van der Waals surface area contributed by atoms with Gasteiger partial charge in [0.05, 0.1) is 11.4 Å². The summed E-state index contributed by atoms with van der Waals surface area (Å²) in [7, 11) is 0. The molecule has 0 aliphatic carbocycles. The van der Waals surface area contributed by atoms with E-state index in [2.05, 4.69) is 10.2 Å². The smallest absolute Gasteiger partial charge is 0.346 e. The minimum absolute atomic E-state index is 0.167. The first kappa shape index (κ1) is 17.3. The zero-order valence-electron chi connectivity index (χ0n) is 12.5. The number of thioether (sulfide) groups is 1. The van der Waals surface area contributed by atoms with Crippen LogP contribution in [0.3, 0.4) is 0 Å². The second kappa shape index (κ2) is 7.03. The molecule has 0 saturated carbocycles. The van der Waals surface area contributed by atoms with E-state index in [-0.39, 0.29) is 5.75 Å². The van der Waals surface area contributed by atoms with E-state index in [1.807, 2.05) is 37.4 Å². The third-order valence-electron chi connectivity index (χ3n) is 2.95. The van der Waals surface area contributed by atoms with Crippen molar-refractivity contribution >= 4 is 17.7 Å². The van der Waals surface area contributed by atoms with Gasteiger partial charge in [0.1, 0.15) is 12.9 Å². The van der Waals surface area contributed by atoms with Crippen molar-refractivity contribution in [3.8, 4) is 5.69 Å². The summed E-state index contributed by atoms with van der Waals surface area (Å²) in [5.74, 6) is -0.873. The van der Waals surface area contributed by atoms with Crippen LogP contribution in [0.15, 0.2) is 29.7 Å². The summed E-state index contributed by atoms with van der Waals surface area (Å²) >= 11 is 1.03. The van der Waals surface area contributed by atoms with E-state index in [4.69, 9.17) is 0 Å². The summed E-state index contributed by atoms with van der Waals surface area (Å²) in [5, 5.41) is 9.98. The van der Waals surface area contributed by atoms with Crippen LogP contribution in [0, 0.1) is 13.8 Å². The number of amides is 1. The molecule has 1 aromatic carbocycles. The predicted molar refractivity (Wildman–Crippen MR) is 80.6 cm³/mol. The van der Waals surface area contributed by atoms with Crippen LogP contribution in [-0.2, 0) is 4.79 Å². The maximum atomic E-state index is 12.0. The number of nitrogens with zero attached hydrogens (tertiary/aromatic N) is 3. The number of nitrogens with one attached hydrogen (secondary N) is 1. The first-order valence-corrected chi connectivity index (χ1v) is 7.69. The van der Waals surface area contributed by atoms with Crippen molar-refractivity contribution in [3.05, 3.63) is 35.7 Å². The van der Waals surface area contributed by atoms with Gasteiger partial charge in [-0.3, -0.25) is 9.36 Å². The standard InChI is InChI=1S/C14H15F3N4OS/c1-9-3-4-11(10(2)5-9)21-8-19-20-13(21)23-6-12(22)18-7-14(15,16)17/h3-5,8H,6-7H2,1-2H3,(H,18,22). The van der Waals surface area contributed by atoms with Gasteiger partial charge < -0.3 is 5.32 Å². The van der Waals surface area contributed by atoms with Crippen LogP contribution in [0.2, 0.25) is 0 Å². The summed E-state index contributed by atoms with van der Waals surface area (Å²) < 4.78 is 37.8. The van der Waals surface area contributed by atoms with E-state index in [1.165, 1.54) is 6.33 Å². The molecule has 2 aromatic rings. The molecule has 1 aromatic heterocycles. The largest absolute Gasteiger partial charge is 0.405 e. The normalized spacial score (nSPS) is 11.5. The van der Waals surface area contributed by atoms with Crippen molar-refractivity contribution in [1.82, 2.24) is 20.1 Å². The molecule has 0 aliphatic heterocycles. The zero-order chi connectivity index (χ0) is 17.0. The highest BCUT2D eigenvalue weighted by atomic mass is 32.2. The summed E-state index contributed by atoms with van der Waals surface area (Å²) in [6.45, 7) is 2.58. The van der Waals surface area contributed by atoms with Crippen LogP contribution in [0.1, 0.15) is 11.1 Å². The maximum absolute atomic E-state index is 12.0. The third-order valence-corrected chi connectivity index (χ3v) is 3.89. The van der Waals surface area contributed by atoms with Crippen LogP contribution < -0.4 is 5.32 Å². The summed E-state index contributed by atoms with van der Waals surface area (Å²) in [4.78, 5) is 11.5. The van der Waals surface area contributed by atoms with Crippen molar-refractivity contribution in [2.24, 2.45) is 0 Å². The first-order valence-electron chi connectivity index (χ1n) is 6.70. The van der Waals surface area contributed by atoms with Gasteiger partial charge in [-0.1, -0.05) is 29.5 Å². The van der Waals surface area contributed by atoms with Gasteiger partial charge in [0, 0.05) is 0 Å². The maximum Gasteiger partial charge on any atom is 0.405 e. The molecule has 124 valence electrons. The van der Waals surface area contributed by atoms with Gasteiger partial charge in [-0.05, 0) is 25.5 Å². The highest BCUT2D eigenvalue weighted by Gasteiger charge is 2.27. The highest BCUT2D eigenvalue weighted by molar-refractivity contribution is 7.99. The number of halogens is 3. The van der Waals surface area contributed by atoms with Crippen LogP contribution in [0.25, 0.3) is 5.69 Å². The molecule has 1 amide bonds. The molecule has 0 spiro atoms. The highest BCUT2D eigenvalue weighted by Crippen LogP contribution is 2.22. The second-order valence-corrected chi connectivity index (χ2v) is 5.90. The first-order chi connectivity index (χ1) is 10.8. The summed E-state index contributed by atoms with van der Waals surface area (Å²) in [5.41, 5.74) is 2.98. The lowest BCUT2D eigenvalue weighted by Crippen LogP contribution is -2.34. The fourth-order valence-electron chi connectivity index (χ4n) is 1.94. The minimum Gasteiger partial charge on any atom is -0.346 e. The van der Waals surface area contributed by atoms with Gasteiger partial charge in [0.15, 0.2) is 5.16 Å². The van der Waals surface area contributed by atoms with E-state index >= 15 is 0 Å². The zero-order valence-corrected chi connectivity index (χ0v) is 13.3. The second-order valence-electron chi connectivity index (χ2n) is 4.95. The molecule has 0 unspecified atom stereocenters. The molecule has 5 nitrogen and oxygen atoms in total. The topological polar surface area (TPSA) is 59.8 Å². The van der Waals surface area contributed by atoms with Crippen LogP contribution in [0.4, 0.5) is 13.2 Å². The number of carbonyl (C=O) groups is 1. The number of alkyl halides is 3. The van der Waals surface area contributed by atoms with Gasteiger partial charge in [0.2, 0.25) is 5.91 Å². The molecule has 9 heteroatoms. The monoisotopic (exact) mass is 344 g/mol. The van der Waals surface area contributed by atoms with Gasteiger partial charge in [-0.25, -0.2) is 0 Å². The Hall–Kier alpha value is -2.03. The number of aryl methyl sites for hydroxylation is 2. The van der Waals surface area contributed by atoms with E-state index in [0.29, 0.717) is 5.16 Å². The molecule has 1 N–H and O–H groups in total. The van der Waals surface area contributed by atoms with Crippen molar-refractivity contribution in [2.45, 2.75) is 25.2 Å². The predicted octanol–water partition coefficient (Wildman–Crippen LogP) is 2.65. The lowest BCUT2D eigenvalue weighted by molar-refractivity contribution is -0.136. The van der Waals surface area contributed by atoms with E-state index < -0.39 is 18.6 Å². The molecule has 0 fully saturated rings. The van der Waals surface area contributed by atoms with Gasteiger partial charge in [-0.15, -0.1) is 10.2 Å². The van der Waals surface area contributed by atoms with Crippen molar-refractivity contribution < 1.29 is 18.0 Å². The Kier molecular flexibility index (Phi) is 5.30. The Bertz CT molecular complexity index is 700. The van der Waals surface area contributed by atoms with Gasteiger partial charge in [0.25, 0.3) is 0 Å². The molecule has 0 saturated heterocycles. The fraction of sp³-hybridized carbons (Fsp3) is 0.357. The van der Waals surface area contributed by atoms with Gasteiger partial charge in [-0.2, -0.15) is 13.2 Å². The number of rotatable bonds is 5. The molecule has 0 radical (unpaired) electrons. The molecular formula is C14H15F3N4OS. The summed E-state index contributed by atoms with van der Waals surface area (Å²) in [6.07, 6.45) is -2.91. The lowest BCUT2D eigenvalue weighted by atomic mass is 10.1. The Morgan fingerprint density at radius 1 is 1.35 bits per heavy atom. The molecule has 1 heterocycles. The molecular weight excluding hydrogens is 329 g/mol. The Morgan fingerprint density at radius 3 is 2.74 bits per heavy atom. The van der Waals surface area contributed by atoms with Crippen LogP contribution in [-0.4, -0.2) is 39.1 Å². The molecule has 2 rings (SSSR count). The van der Waals surface area contributed by atoms with E-state index in [0.717, 1.165) is 28.6 Å². The minimum atomic E-state index is -4.42. The number of hydrogen-bond acceptors (Lipinski definition) is 4. The summed E-state index contributed by atoms with van der Waals surface area (Å²) in [6, 6.07) is 5.84. The average molecular weight is 344 g/mol. The quantitative estimate of drug-likeness (QED) is 0.847. The van der Waals surface area contributed by atoms with Crippen LogP contribution >= 0.6 is 11.8 Å². The molecule has 0 atom stereocenters.